The standard InChI is InChI=1S/C21H16N8O5/c1-13-23-19(11-20(24-13)27-7-6-22-12-27)25-15-2-4-16(5-3-15)26-21(30)14-8-17(28(31)32)10-18(9-14)29(33)34/h2-12H,1H3,(H,26,30)(H,23,24,25). The number of amides is 1. The number of benzene rings is 2. The first-order valence-electron chi connectivity index (χ1n) is 9.75. The van der Waals surface area contributed by atoms with Crippen molar-refractivity contribution in [2.24, 2.45) is 0 Å². The number of nitrogens with one attached hydrogen (secondary N) is 2. The molecule has 0 spiro atoms. The first-order valence-corrected chi connectivity index (χ1v) is 9.75. The van der Waals surface area contributed by atoms with Gasteiger partial charge in [0.05, 0.1) is 21.5 Å². The lowest BCUT2D eigenvalue weighted by Crippen LogP contribution is -2.12. The molecule has 0 aliphatic rings. The van der Waals surface area contributed by atoms with Crippen LogP contribution < -0.4 is 10.6 Å². The number of imidazole rings is 1. The highest BCUT2D eigenvalue weighted by Gasteiger charge is 2.20. The van der Waals surface area contributed by atoms with E-state index >= 15 is 0 Å². The minimum absolute atomic E-state index is 0.202. The SMILES string of the molecule is Cc1nc(Nc2ccc(NC(=O)c3cc([N+](=O)[O-])cc([N+](=O)[O-])c3)cc2)cc(-n2ccnc2)n1. The number of nitro groups is 2. The molecule has 0 bridgehead atoms. The van der Waals surface area contributed by atoms with E-state index in [0.29, 0.717) is 28.8 Å². The van der Waals surface area contributed by atoms with E-state index in [1.165, 1.54) is 0 Å². The summed E-state index contributed by atoms with van der Waals surface area (Å²) in [6.45, 7) is 1.77. The molecule has 170 valence electrons. The molecule has 2 aromatic carbocycles. The second-order valence-corrected chi connectivity index (χ2v) is 7.04. The van der Waals surface area contributed by atoms with Crippen molar-refractivity contribution in [3.05, 3.63) is 98.9 Å². The zero-order valence-electron chi connectivity index (χ0n) is 17.6. The molecule has 1 amide bonds. The maximum absolute atomic E-state index is 12.5. The van der Waals surface area contributed by atoms with E-state index in [0.717, 1.165) is 18.2 Å². The Morgan fingerprint density at radius 1 is 0.941 bits per heavy atom. The number of anilines is 3. The molecule has 0 radical (unpaired) electrons. The summed E-state index contributed by atoms with van der Waals surface area (Å²) in [5.41, 5.74) is -0.226. The average molecular weight is 460 g/mol. The van der Waals surface area contributed by atoms with Crippen LogP contribution in [0.4, 0.5) is 28.6 Å². The molecule has 13 nitrogen and oxygen atoms in total. The molecule has 2 heterocycles. The smallest absolute Gasteiger partial charge is 0.277 e. The van der Waals surface area contributed by atoms with Gasteiger partial charge in [-0.05, 0) is 31.2 Å². The number of nitrogens with zero attached hydrogens (tertiary/aromatic N) is 6. The van der Waals surface area contributed by atoms with Crippen LogP contribution in [-0.4, -0.2) is 35.3 Å². The van der Waals surface area contributed by atoms with Gasteiger partial charge in [-0.1, -0.05) is 0 Å². The van der Waals surface area contributed by atoms with Gasteiger partial charge in [-0.2, -0.15) is 0 Å². The van der Waals surface area contributed by atoms with Gasteiger partial charge in [0.25, 0.3) is 17.3 Å². The fraction of sp³-hybridized carbons (Fsp3) is 0.0476. The van der Waals surface area contributed by atoms with Gasteiger partial charge in [-0.25, -0.2) is 15.0 Å². The highest BCUT2D eigenvalue weighted by Crippen LogP contribution is 2.24. The Kier molecular flexibility index (Phi) is 5.90. The number of aromatic nitrogens is 4. The van der Waals surface area contributed by atoms with Crippen LogP contribution in [0.2, 0.25) is 0 Å². The summed E-state index contributed by atoms with van der Waals surface area (Å²) in [6.07, 6.45) is 5.03. The first-order chi connectivity index (χ1) is 16.3. The number of rotatable bonds is 7. The van der Waals surface area contributed by atoms with Gasteiger partial charge in [0, 0.05) is 42.0 Å². The number of carbonyl (C=O) groups excluding carboxylic acids is 1. The fourth-order valence-electron chi connectivity index (χ4n) is 3.07. The lowest BCUT2D eigenvalue weighted by Gasteiger charge is -2.10. The Morgan fingerprint density at radius 2 is 1.59 bits per heavy atom. The number of nitro benzene ring substituents is 2. The zero-order chi connectivity index (χ0) is 24.2. The summed E-state index contributed by atoms with van der Waals surface area (Å²) in [6, 6.07) is 11.1. The van der Waals surface area contributed by atoms with Gasteiger partial charge >= 0.3 is 0 Å². The molecule has 2 aromatic heterocycles. The van der Waals surface area contributed by atoms with Crippen LogP contribution in [0, 0.1) is 27.2 Å². The van der Waals surface area contributed by atoms with Crippen molar-refractivity contribution in [1.29, 1.82) is 0 Å². The molecule has 34 heavy (non-hydrogen) atoms. The molecule has 0 fully saturated rings. The molecule has 13 heteroatoms. The molecule has 0 saturated heterocycles. The monoisotopic (exact) mass is 460 g/mol. The van der Waals surface area contributed by atoms with E-state index in [9.17, 15) is 25.0 Å². The van der Waals surface area contributed by atoms with E-state index < -0.39 is 27.1 Å². The van der Waals surface area contributed by atoms with Gasteiger partial charge in [0.15, 0.2) is 0 Å². The summed E-state index contributed by atoms with van der Waals surface area (Å²) < 4.78 is 1.75. The Bertz CT molecular complexity index is 1350. The quantitative estimate of drug-likeness (QED) is 0.307. The molecule has 0 aliphatic carbocycles. The van der Waals surface area contributed by atoms with E-state index in [1.807, 2.05) is 0 Å². The largest absolute Gasteiger partial charge is 0.340 e. The van der Waals surface area contributed by atoms with Crippen molar-refractivity contribution in [3.63, 3.8) is 0 Å². The molecule has 4 aromatic rings. The second-order valence-electron chi connectivity index (χ2n) is 7.04. The van der Waals surface area contributed by atoms with Crippen LogP contribution in [0.15, 0.2) is 67.3 Å². The third-order valence-corrected chi connectivity index (χ3v) is 4.59. The van der Waals surface area contributed by atoms with Gasteiger partial charge in [0.1, 0.15) is 23.8 Å². The Labute approximate surface area is 191 Å². The molecule has 0 atom stereocenters. The van der Waals surface area contributed by atoms with E-state index in [2.05, 4.69) is 25.6 Å². The highest BCUT2D eigenvalue weighted by atomic mass is 16.6. The molecule has 2 N–H and O–H groups in total. The second kappa shape index (κ2) is 9.12. The van der Waals surface area contributed by atoms with Crippen molar-refractivity contribution in [2.45, 2.75) is 6.92 Å². The van der Waals surface area contributed by atoms with Crippen LogP contribution in [-0.2, 0) is 0 Å². The number of non-ortho nitro benzene ring substituents is 2. The van der Waals surface area contributed by atoms with Crippen LogP contribution in [0.1, 0.15) is 16.2 Å². The van der Waals surface area contributed by atoms with Crippen molar-refractivity contribution >= 4 is 34.5 Å². The third kappa shape index (κ3) is 4.99. The van der Waals surface area contributed by atoms with Gasteiger partial charge in [-0.15, -0.1) is 0 Å². The van der Waals surface area contributed by atoms with Gasteiger partial charge in [0.2, 0.25) is 0 Å². The van der Waals surface area contributed by atoms with E-state index in [1.54, 1.807) is 60.5 Å². The number of hydrogen-bond donors (Lipinski definition) is 2. The Hall–Kier alpha value is -5.20. The number of hydrogen-bond acceptors (Lipinski definition) is 9. The van der Waals surface area contributed by atoms with Crippen molar-refractivity contribution in [2.75, 3.05) is 10.6 Å². The molecule has 0 saturated carbocycles. The summed E-state index contributed by atoms with van der Waals surface area (Å²) in [7, 11) is 0. The van der Waals surface area contributed by atoms with Crippen LogP contribution in [0.3, 0.4) is 0 Å². The van der Waals surface area contributed by atoms with Crippen LogP contribution in [0.25, 0.3) is 5.82 Å². The predicted octanol–water partition coefficient (Wildman–Crippen LogP) is 3.78. The maximum atomic E-state index is 12.5. The predicted molar refractivity (Wildman–Crippen MR) is 121 cm³/mol. The summed E-state index contributed by atoms with van der Waals surface area (Å²) in [5, 5.41) is 27.8. The van der Waals surface area contributed by atoms with Crippen LogP contribution in [0.5, 0.6) is 0 Å². The summed E-state index contributed by atoms with van der Waals surface area (Å²) in [4.78, 5) is 45.7. The van der Waals surface area contributed by atoms with E-state index in [-0.39, 0.29) is 5.56 Å². The zero-order valence-corrected chi connectivity index (χ0v) is 17.6. The normalized spacial score (nSPS) is 10.5. The lowest BCUT2D eigenvalue weighted by molar-refractivity contribution is -0.394. The number of aryl methyl sites for hydroxylation is 1. The van der Waals surface area contributed by atoms with Crippen molar-refractivity contribution < 1.29 is 14.6 Å². The molecular weight excluding hydrogens is 444 g/mol. The highest BCUT2D eigenvalue weighted by molar-refractivity contribution is 6.05. The fourth-order valence-corrected chi connectivity index (χ4v) is 3.07. The Balaban J connectivity index is 1.49. The van der Waals surface area contributed by atoms with Gasteiger partial charge < -0.3 is 10.6 Å². The third-order valence-electron chi connectivity index (χ3n) is 4.59. The van der Waals surface area contributed by atoms with Gasteiger partial charge in [-0.3, -0.25) is 29.6 Å². The van der Waals surface area contributed by atoms with Crippen molar-refractivity contribution in [1.82, 2.24) is 19.5 Å². The Morgan fingerprint density at radius 3 is 2.18 bits per heavy atom. The topological polar surface area (TPSA) is 171 Å². The van der Waals surface area contributed by atoms with E-state index in [4.69, 9.17) is 0 Å². The average Bonchev–Trinajstić information content (AvgIpc) is 3.35. The number of carbonyl (C=O) groups is 1. The minimum atomic E-state index is -0.794. The molecule has 4 rings (SSSR count). The molecular formula is C21H16N8O5. The lowest BCUT2D eigenvalue weighted by atomic mass is 10.1. The molecule has 0 unspecified atom stereocenters. The van der Waals surface area contributed by atoms with Crippen molar-refractivity contribution in [3.8, 4) is 5.82 Å². The summed E-state index contributed by atoms with van der Waals surface area (Å²) >= 11 is 0. The minimum Gasteiger partial charge on any atom is -0.340 e. The summed E-state index contributed by atoms with van der Waals surface area (Å²) in [5.74, 6) is 1.03. The maximum Gasteiger partial charge on any atom is 0.277 e. The first kappa shape index (κ1) is 22.0. The van der Waals surface area contributed by atoms with Crippen LogP contribution >= 0.6 is 0 Å². The molecule has 0 aliphatic heterocycles.